The van der Waals surface area contributed by atoms with Crippen molar-refractivity contribution in [2.45, 2.75) is 75.2 Å². The summed E-state index contributed by atoms with van der Waals surface area (Å²) in [6, 6.07) is 18.2. The van der Waals surface area contributed by atoms with Gasteiger partial charge in [-0.15, -0.1) is 0 Å². The maximum Gasteiger partial charge on any atom is 0.251 e. The molecule has 8 heteroatoms. The second-order valence-electron chi connectivity index (χ2n) is 12.3. The number of nitrogens with zero attached hydrogens (tertiary/aromatic N) is 2. The molecule has 3 atom stereocenters. The van der Waals surface area contributed by atoms with E-state index in [0.717, 1.165) is 54.0 Å². The quantitative estimate of drug-likeness (QED) is 0.260. The van der Waals surface area contributed by atoms with Crippen molar-refractivity contribution in [3.05, 3.63) is 70.4 Å². The number of amides is 1. The van der Waals surface area contributed by atoms with Gasteiger partial charge in [0, 0.05) is 28.6 Å². The molecule has 2 aromatic carbocycles. The van der Waals surface area contributed by atoms with Crippen molar-refractivity contribution in [2.75, 3.05) is 13.2 Å². The largest absolute Gasteiger partial charge is 0.490 e. The topological polar surface area (TPSA) is 79.5 Å². The minimum atomic E-state index is -0.0317. The average molecular weight is 569 g/mol. The van der Waals surface area contributed by atoms with Crippen LogP contribution in [0.4, 0.5) is 0 Å². The second kappa shape index (κ2) is 10.6. The Bertz CT molecular complexity index is 1510. The summed E-state index contributed by atoms with van der Waals surface area (Å²) < 4.78 is 12.0. The molecule has 0 spiro atoms. The number of hydrogen-bond acceptors (Lipinski definition) is 6. The number of thiophene rings is 1. The van der Waals surface area contributed by atoms with Crippen molar-refractivity contribution in [2.24, 2.45) is 5.92 Å². The fourth-order valence-electron chi connectivity index (χ4n) is 7.43. The second-order valence-corrected chi connectivity index (χ2v) is 13.1. The van der Waals surface area contributed by atoms with E-state index in [2.05, 4.69) is 61.5 Å². The highest BCUT2D eigenvalue weighted by Gasteiger charge is 2.46. The van der Waals surface area contributed by atoms with Crippen molar-refractivity contribution in [3.8, 4) is 17.0 Å². The molecule has 2 bridgehead atoms. The number of benzene rings is 2. The van der Waals surface area contributed by atoms with Crippen molar-refractivity contribution >= 4 is 28.1 Å². The van der Waals surface area contributed by atoms with Gasteiger partial charge >= 0.3 is 0 Å². The van der Waals surface area contributed by atoms with Gasteiger partial charge in [0.2, 0.25) is 0 Å². The summed E-state index contributed by atoms with van der Waals surface area (Å²) in [7, 11) is 0. The zero-order valence-electron chi connectivity index (χ0n) is 23.1. The van der Waals surface area contributed by atoms with Crippen LogP contribution in [0.25, 0.3) is 22.2 Å². The summed E-state index contributed by atoms with van der Waals surface area (Å²) in [6.45, 7) is 1.79. The molecule has 0 radical (unpaired) electrons. The van der Waals surface area contributed by atoms with Gasteiger partial charge in [0.05, 0.1) is 36.5 Å². The molecule has 3 unspecified atom stereocenters. The van der Waals surface area contributed by atoms with E-state index in [1.807, 2.05) is 18.2 Å². The van der Waals surface area contributed by atoms with Gasteiger partial charge in [-0.25, -0.2) is 0 Å². The molecule has 3 aliphatic heterocycles. The summed E-state index contributed by atoms with van der Waals surface area (Å²) in [6.07, 6.45) is 8.59. The molecule has 1 saturated carbocycles. The number of aromatic amines is 1. The van der Waals surface area contributed by atoms with Crippen molar-refractivity contribution in [1.29, 1.82) is 0 Å². The average Bonchev–Trinajstić information content (AvgIpc) is 3.66. The Balaban J connectivity index is 0.969. The maximum atomic E-state index is 13.4. The third kappa shape index (κ3) is 4.76. The highest BCUT2D eigenvalue weighted by Crippen LogP contribution is 2.41. The smallest absolute Gasteiger partial charge is 0.251 e. The molecule has 4 aliphatic rings. The summed E-state index contributed by atoms with van der Waals surface area (Å²) in [4.78, 5) is 16.1. The van der Waals surface area contributed by atoms with Gasteiger partial charge < -0.3 is 14.8 Å². The van der Waals surface area contributed by atoms with E-state index >= 15 is 0 Å². The monoisotopic (exact) mass is 568 g/mol. The number of piperidine rings is 1. The first-order valence-corrected chi connectivity index (χ1v) is 16.1. The highest BCUT2D eigenvalue weighted by molar-refractivity contribution is 7.08. The predicted octanol–water partition coefficient (Wildman–Crippen LogP) is 6.34. The lowest BCUT2D eigenvalue weighted by Gasteiger charge is -2.46. The Kier molecular flexibility index (Phi) is 6.58. The fraction of sp³-hybridized carbons (Fsp3) is 0.455. The minimum absolute atomic E-state index is 0.0317. The van der Waals surface area contributed by atoms with Gasteiger partial charge in [0.15, 0.2) is 0 Å². The van der Waals surface area contributed by atoms with Gasteiger partial charge in [0.1, 0.15) is 11.9 Å². The van der Waals surface area contributed by atoms with E-state index in [4.69, 9.17) is 9.47 Å². The lowest BCUT2D eigenvalue weighted by molar-refractivity contribution is -0.102. The Morgan fingerprint density at radius 3 is 2.49 bits per heavy atom. The first-order valence-electron chi connectivity index (χ1n) is 15.1. The van der Waals surface area contributed by atoms with E-state index < -0.39 is 0 Å². The van der Waals surface area contributed by atoms with E-state index in [-0.39, 0.29) is 18.1 Å². The standard InChI is InChI=1S/C33H36N4O3S/c38-33(34-31(20-2-1-3-20)23-12-13-41-19-23)22-6-11-30-29(14-22)32(36-35-30)21-4-9-27(10-5-21)40-28-15-24-7-8-25(16-28)37(24)26-17-39-18-26/h4-6,9-14,19-20,24-26,28,31H,1-3,7-8,15-18H2,(H,34,38)(H,35,36). The number of hydrogen-bond donors (Lipinski definition) is 2. The summed E-state index contributed by atoms with van der Waals surface area (Å²) in [5, 5.41) is 16.3. The Hall–Kier alpha value is -3.20. The van der Waals surface area contributed by atoms with Crippen LogP contribution < -0.4 is 10.1 Å². The lowest BCUT2D eigenvalue weighted by atomic mass is 9.77. The van der Waals surface area contributed by atoms with Crippen LogP contribution in [-0.4, -0.2) is 58.4 Å². The Labute approximate surface area is 244 Å². The Morgan fingerprint density at radius 1 is 1.02 bits per heavy atom. The third-order valence-electron chi connectivity index (χ3n) is 9.85. The van der Waals surface area contributed by atoms with Crippen LogP contribution in [-0.2, 0) is 4.74 Å². The number of ether oxygens (including phenoxy) is 2. The predicted molar refractivity (Wildman–Crippen MR) is 160 cm³/mol. The first kappa shape index (κ1) is 25.5. The van der Waals surface area contributed by atoms with Crippen molar-refractivity contribution in [1.82, 2.24) is 20.4 Å². The first-order chi connectivity index (χ1) is 20.2. The molecule has 8 rings (SSSR count). The molecule has 2 N–H and O–H groups in total. The van der Waals surface area contributed by atoms with Crippen LogP contribution in [0.1, 0.15) is 66.9 Å². The molecule has 41 heavy (non-hydrogen) atoms. The summed E-state index contributed by atoms with van der Waals surface area (Å²) in [5.41, 5.74) is 4.65. The number of rotatable bonds is 8. The number of carbonyl (C=O) groups excluding carboxylic acids is 1. The van der Waals surface area contributed by atoms with Crippen LogP contribution in [0.2, 0.25) is 0 Å². The molecule has 1 amide bonds. The Morgan fingerprint density at radius 2 is 1.83 bits per heavy atom. The van der Waals surface area contributed by atoms with E-state index in [9.17, 15) is 4.79 Å². The van der Waals surface area contributed by atoms with Crippen LogP contribution in [0.5, 0.6) is 5.75 Å². The van der Waals surface area contributed by atoms with E-state index in [1.165, 1.54) is 37.7 Å². The lowest BCUT2D eigenvalue weighted by Crippen LogP contribution is -2.57. The minimum Gasteiger partial charge on any atom is -0.490 e. The van der Waals surface area contributed by atoms with Gasteiger partial charge in [-0.1, -0.05) is 6.42 Å². The number of aromatic nitrogens is 2. The zero-order valence-corrected chi connectivity index (χ0v) is 23.9. The molecule has 2 aromatic heterocycles. The van der Waals surface area contributed by atoms with E-state index in [0.29, 0.717) is 29.6 Å². The molecule has 5 heterocycles. The fourth-order valence-corrected chi connectivity index (χ4v) is 8.13. The van der Waals surface area contributed by atoms with Crippen molar-refractivity contribution in [3.63, 3.8) is 0 Å². The highest BCUT2D eigenvalue weighted by atomic mass is 32.1. The molecular weight excluding hydrogens is 532 g/mol. The van der Waals surface area contributed by atoms with E-state index in [1.54, 1.807) is 11.3 Å². The normalized spacial score (nSPS) is 25.5. The van der Waals surface area contributed by atoms with Gasteiger partial charge in [0.25, 0.3) is 5.91 Å². The van der Waals surface area contributed by atoms with Crippen LogP contribution in [0.15, 0.2) is 59.3 Å². The molecule has 3 saturated heterocycles. The summed E-state index contributed by atoms with van der Waals surface area (Å²) in [5.74, 6) is 1.40. The van der Waals surface area contributed by atoms with Gasteiger partial charge in [-0.05, 0) is 109 Å². The number of H-pyrrole nitrogens is 1. The van der Waals surface area contributed by atoms with Crippen molar-refractivity contribution < 1.29 is 14.3 Å². The number of carbonyl (C=O) groups is 1. The summed E-state index contributed by atoms with van der Waals surface area (Å²) >= 11 is 1.68. The van der Waals surface area contributed by atoms with Gasteiger partial charge in [-0.2, -0.15) is 16.4 Å². The van der Waals surface area contributed by atoms with Crippen LogP contribution in [0.3, 0.4) is 0 Å². The molecular formula is C33H36N4O3S. The molecule has 7 nitrogen and oxygen atoms in total. The molecule has 4 aromatic rings. The zero-order chi connectivity index (χ0) is 27.3. The molecule has 4 fully saturated rings. The number of nitrogens with one attached hydrogen (secondary N) is 2. The SMILES string of the molecule is O=C(NC(c1ccsc1)C1CCC1)c1ccc2[nH]nc(-c3ccc(OC4CC5CCC(C4)N5C4COC4)cc3)c2c1. The third-order valence-corrected chi connectivity index (χ3v) is 10.6. The van der Waals surface area contributed by atoms with Gasteiger partial charge in [-0.3, -0.25) is 14.8 Å². The maximum absolute atomic E-state index is 13.4. The molecule has 1 aliphatic carbocycles. The van der Waals surface area contributed by atoms with Crippen LogP contribution >= 0.6 is 11.3 Å². The molecule has 212 valence electrons. The van der Waals surface area contributed by atoms with Crippen LogP contribution in [0, 0.1) is 5.92 Å². The number of fused-ring (bicyclic) bond motifs is 3.